The van der Waals surface area contributed by atoms with E-state index in [0.717, 1.165) is 14.5 Å². The van der Waals surface area contributed by atoms with Crippen LogP contribution in [-0.4, -0.2) is 0 Å². The Kier molecular flexibility index (Phi) is 5.44. The fourth-order valence-corrected chi connectivity index (χ4v) is 3.64. The van der Waals surface area contributed by atoms with E-state index in [4.69, 9.17) is 34.8 Å². The molecule has 6 heteroatoms. The summed E-state index contributed by atoms with van der Waals surface area (Å²) in [4.78, 5) is 0. The van der Waals surface area contributed by atoms with Crippen LogP contribution in [0.5, 0.6) is 0 Å². The Bertz CT molecular complexity index is 594. The Balaban J connectivity index is 2.19. The van der Waals surface area contributed by atoms with Crippen molar-refractivity contribution in [1.29, 1.82) is 0 Å². The SMILES string of the molecule is Clc1cc(Br)ccc1CNc1c(Cl)cc(Br)cc1Cl. The van der Waals surface area contributed by atoms with Crippen LogP contribution in [0.3, 0.4) is 0 Å². The zero-order chi connectivity index (χ0) is 14.0. The maximum Gasteiger partial charge on any atom is 0.0722 e. The van der Waals surface area contributed by atoms with Gasteiger partial charge < -0.3 is 5.32 Å². The topological polar surface area (TPSA) is 12.0 Å². The summed E-state index contributed by atoms with van der Waals surface area (Å²) < 4.78 is 1.79. The number of nitrogens with one attached hydrogen (secondary N) is 1. The molecule has 100 valence electrons. The number of hydrogen-bond donors (Lipinski definition) is 1. The smallest absolute Gasteiger partial charge is 0.0722 e. The molecule has 19 heavy (non-hydrogen) atoms. The highest BCUT2D eigenvalue weighted by molar-refractivity contribution is 9.10. The summed E-state index contributed by atoms with van der Waals surface area (Å²) in [6.07, 6.45) is 0. The van der Waals surface area contributed by atoms with Gasteiger partial charge in [-0.05, 0) is 29.8 Å². The van der Waals surface area contributed by atoms with Crippen LogP contribution in [0.1, 0.15) is 5.56 Å². The van der Waals surface area contributed by atoms with E-state index in [1.54, 1.807) is 12.1 Å². The first-order valence-corrected chi connectivity index (χ1v) is 8.01. The highest BCUT2D eigenvalue weighted by Gasteiger charge is 2.08. The van der Waals surface area contributed by atoms with Crippen LogP contribution in [0, 0.1) is 0 Å². The molecule has 0 fully saturated rings. The first-order valence-electron chi connectivity index (χ1n) is 5.29. The van der Waals surface area contributed by atoms with Gasteiger partial charge in [0, 0.05) is 20.5 Å². The van der Waals surface area contributed by atoms with Crippen molar-refractivity contribution < 1.29 is 0 Å². The van der Waals surface area contributed by atoms with Gasteiger partial charge in [0.1, 0.15) is 0 Å². The van der Waals surface area contributed by atoms with Gasteiger partial charge >= 0.3 is 0 Å². The second kappa shape index (κ2) is 6.68. The summed E-state index contributed by atoms with van der Waals surface area (Å²) in [5, 5.41) is 5.01. The van der Waals surface area contributed by atoms with Crippen molar-refractivity contribution in [2.45, 2.75) is 6.54 Å². The molecule has 0 aliphatic rings. The highest BCUT2D eigenvalue weighted by atomic mass is 79.9. The van der Waals surface area contributed by atoms with E-state index < -0.39 is 0 Å². The van der Waals surface area contributed by atoms with Crippen LogP contribution in [0.4, 0.5) is 5.69 Å². The largest absolute Gasteiger partial charge is 0.378 e. The monoisotopic (exact) mass is 441 g/mol. The van der Waals surface area contributed by atoms with E-state index >= 15 is 0 Å². The Morgan fingerprint density at radius 2 is 1.42 bits per heavy atom. The Hall–Kier alpha value is 0.0700. The molecular formula is C13H8Br2Cl3N. The number of hydrogen-bond acceptors (Lipinski definition) is 1. The number of rotatable bonds is 3. The Morgan fingerprint density at radius 3 is 2.00 bits per heavy atom. The van der Waals surface area contributed by atoms with E-state index in [9.17, 15) is 0 Å². The van der Waals surface area contributed by atoms with Gasteiger partial charge in [0.2, 0.25) is 0 Å². The number of benzene rings is 2. The molecule has 0 aliphatic carbocycles. The third-order valence-electron chi connectivity index (χ3n) is 2.48. The van der Waals surface area contributed by atoms with Crippen molar-refractivity contribution in [1.82, 2.24) is 0 Å². The lowest BCUT2D eigenvalue weighted by Gasteiger charge is -2.12. The number of halogens is 5. The van der Waals surface area contributed by atoms with Crippen molar-refractivity contribution in [3.8, 4) is 0 Å². The van der Waals surface area contributed by atoms with Crippen LogP contribution in [-0.2, 0) is 6.54 Å². The molecule has 0 saturated heterocycles. The summed E-state index contributed by atoms with van der Waals surface area (Å²) >= 11 is 25.2. The maximum atomic E-state index is 6.16. The average molecular weight is 444 g/mol. The highest BCUT2D eigenvalue weighted by Crippen LogP contribution is 2.34. The fourth-order valence-electron chi connectivity index (χ4n) is 1.56. The third-order valence-corrected chi connectivity index (χ3v) is 4.38. The van der Waals surface area contributed by atoms with Gasteiger partial charge in [-0.25, -0.2) is 0 Å². The quantitative estimate of drug-likeness (QED) is 0.550. The van der Waals surface area contributed by atoms with Crippen molar-refractivity contribution >= 4 is 72.4 Å². The summed E-state index contributed by atoms with van der Waals surface area (Å²) in [5.41, 5.74) is 1.67. The average Bonchev–Trinajstić information content (AvgIpc) is 2.30. The van der Waals surface area contributed by atoms with Crippen LogP contribution in [0.2, 0.25) is 15.1 Å². The third kappa shape index (κ3) is 4.02. The minimum atomic E-state index is 0.549. The predicted molar refractivity (Wildman–Crippen MR) is 90.6 cm³/mol. The van der Waals surface area contributed by atoms with Crippen molar-refractivity contribution in [3.05, 3.63) is 59.9 Å². The normalized spacial score (nSPS) is 10.6. The maximum absolute atomic E-state index is 6.16. The zero-order valence-corrected chi connectivity index (χ0v) is 14.9. The lowest BCUT2D eigenvalue weighted by Crippen LogP contribution is -2.01. The van der Waals surface area contributed by atoms with Gasteiger partial charge in [-0.3, -0.25) is 0 Å². The van der Waals surface area contributed by atoms with Gasteiger partial charge in [0.25, 0.3) is 0 Å². The van der Waals surface area contributed by atoms with Crippen LogP contribution >= 0.6 is 66.7 Å². The van der Waals surface area contributed by atoms with Crippen LogP contribution < -0.4 is 5.32 Å². The van der Waals surface area contributed by atoms with Gasteiger partial charge in [-0.2, -0.15) is 0 Å². The fraction of sp³-hybridized carbons (Fsp3) is 0.0769. The first kappa shape index (κ1) is 15.5. The lowest BCUT2D eigenvalue weighted by molar-refractivity contribution is 1.15. The van der Waals surface area contributed by atoms with Gasteiger partial charge in [0.05, 0.1) is 15.7 Å². The van der Waals surface area contributed by atoms with Gasteiger partial charge in [0.15, 0.2) is 0 Å². The first-order chi connectivity index (χ1) is 8.97. The molecule has 2 aromatic carbocycles. The zero-order valence-electron chi connectivity index (χ0n) is 9.48. The van der Waals surface area contributed by atoms with Crippen LogP contribution in [0.25, 0.3) is 0 Å². The molecule has 0 aliphatic heterocycles. The van der Waals surface area contributed by atoms with E-state index in [1.165, 1.54) is 0 Å². The summed E-state index contributed by atoms with van der Waals surface area (Å²) in [6, 6.07) is 9.31. The molecule has 0 heterocycles. The van der Waals surface area contributed by atoms with Gasteiger partial charge in [-0.1, -0.05) is 72.7 Å². The molecule has 2 aromatic rings. The van der Waals surface area contributed by atoms with E-state index in [0.29, 0.717) is 27.3 Å². The predicted octanol–water partition coefficient (Wildman–Crippen LogP) is 6.78. The van der Waals surface area contributed by atoms with E-state index in [-0.39, 0.29) is 0 Å². The summed E-state index contributed by atoms with van der Waals surface area (Å²) in [7, 11) is 0. The van der Waals surface area contributed by atoms with Crippen molar-refractivity contribution in [3.63, 3.8) is 0 Å². The molecule has 1 N–H and O–H groups in total. The molecule has 0 atom stereocenters. The van der Waals surface area contributed by atoms with Crippen molar-refractivity contribution in [2.24, 2.45) is 0 Å². The van der Waals surface area contributed by atoms with Crippen LogP contribution in [0.15, 0.2) is 39.3 Å². The lowest BCUT2D eigenvalue weighted by atomic mass is 10.2. The minimum absolute atomic E-state index is 0.549. The molecular weight excluding hydrogens is 436 g/mol. The molecule has 0 unspecified atom stereocenters. The molecule has 0 radical (unpaired) electrons. The second-order valence-corrected chi connectivity index (χ2v) is 6.89. The van der Waals surface area contributed by atoms with E-state index in [2.05, 4.69) is 37.2 Å². The molecule has 2 rings (SSSR count). The Labute approximate surface area is 143 Å². The number of anilines is 1. The minimum Gasteiger partial charge on any atom is -0.378 e. The molecule has 0 aromatic heterocycles. The van der Waals surface area contributed by atoms with Crippen molar-refractivity contribution in [2.75, 3.05) is 5.32 Å². The molecule has 1 nitrogen and oxygen atoms in total. The van der Waals surface area contributed by atoms with E-state index in [1.807, 2.05) is 18.2 Å². The van der Waals surface area contributed by atoms with Gasteiger partial charge in [-0.15, -0.1) is 0 Å². The molecule has 0 amide bonds. The summed E-state index contributed by atoms with van der Waals surface area (Å²) in [6.45, 7) is 0.549. The second-order valence-electron chi connectivity index (χ2n) is 3.83. The molecule has 0 spiro atoms. The molecule has 0 bridgehead atoms. The Morgan fingerprint density at radius 1 is 0.842 bits per heavy atom. The summed E-state index contributed by atoms with van der Waals surface area (Å²) in [5.74, 6) is 0. The standard InChI is InChI=1S/C13H8Br2Cl3N/c14-8-2-1-7(10(16)3-8)6-19-13-11(17)4-9(15)5-12(13)18/h1-5,19H,6H2. The molecule has 0 saturated carbocycles.